The summed E-state index contributed by atoms with van der Waals surface area (Å²) in [5.74, 6) is 0.921. The number of ketones is 1. The molecule has 116 valence electrons. The highest BCUT2D eigenvalue weighted by molar-refractivity contribution is 5.99. The minimum Gasteiger partial charge on any atom is -0.319 e. The van der Waals surface area contributed by atoms with Crippen molar-refractivity contribution >= 4 is 5.78 Å². The molecule has 0 spiro atoms. The first-order valence-corrected chi connectivity index (χ1v) is 8.17. The molecule has 0 amide bonds. The third-order valence-corrected chi connectivity index (χ3v) is 4.62. The van der Waals surface area contributed by atoms with E-state index in [0.29, 0.717) is 5.92 Å². The van der Waals surface area contributed by atoms with Gasteiger partial charge in [0.2, 0.25) is 0 Å². The molecule has 2 rings (SSSR count). The van der Waals surface area contributed by atoms with Gasteiger partial charge in [0.25, 0.3) is 0 Å². The van der Waals surface area contributed by atoms with E-state index in [-0.39, 0.29) is 11.8 Å². The van der Waals surface area contributed by atoms with Gasteiger partial charge in [0.1, 0.15) is 0 Å². The van der Waals surface area contributed by atoms with Crippen LogP contribution in [0.2, 0.25) is 0 Å². The van der Waals surface area contributed by atoms with Crippen LogP contribution in [0.3, 0.4) is 0 Å². The van der Waals surface area contributed by atoms with E-state index in [1.807, 2.05) is 19.2 Å². The van der Waals surface area contributed by atoms with Crippen LogP contribution in [0.1, 0.15) is 42.6 Å². The van der Waals surface area contributed by atoms with Gasteiger partial charge >= 0.3 is 0 Å². The summed E-state index contributed by atoms with van der Waals surface area (Å²) in [7, 11) is 2.00. The molecule has 1 aliphatic heterocycles. The number of rotatable bonds is 6. The maximum Gasteiger partial charge on any atom is 0.179 e. The molecule has 1 aliphatic rings. The molecular formula is C18H28N2O. The molecule has 2 unspecified atom stereocenters. The predicted molar refractivity (Wildman–Crippen MR) is 87.8 cm³/mol. The predicted octanol–water partition coefficient (Wildman–Crippen LogP) is 2.75. The summed E-state index contributed by atoms with van der Waals surface area (Å²) in [6, 6.07) is 8.08. The molecule has 0 radical (unpaired) electrons. The highest BCUT2D eigenvalue weighted by Crippen LogP contribution is 2.20. The molecule has 1 fully saturated rings. The van der Waals surface area contributed by atoms with Gasteiger partial charge in [-0.2, -0.15) is 0 Å². The molecule has 1 aromatic rings. The largest absolute Gasteiger partial charge is 0.319 e. The lowest BCUT2D eigenvalue weighted by molar-refractivity contribution is 0.0753. The van der Waals surface area contributed by atoms with Gasteiger partial charge in [-0.25, -0.2) is 0 Å². The van der Waals surface area contributed by atoms with Crippen molar-refractivity contribution in [2.24, 2.45) is 5.92 Å². The Hall–Kier alpha value is -1.19. The van der Waals surface area contributed by atoms with E-state index in [2.05, 4.69) is 36.2 Å². The zero-order valence-electron chi connectivity index (χ0n) is 13.6. The Balaban J connectivity index is 2.00. The summed E-state index contributed by atoms with van der Waals surface area (Å²) >= 11 is 0. The van der Waals surface area contributed by atoms with Crippen molar-refractivity contribution in [3.05, 3.63) is 35.4 Å². The van der Waals surface area contributed by atoms with E-state index in [0.717, 1.165) is 31.6 Å². The number of nitrogens with zero attached hydrogens (tertiary/aromatic N) is 1. The Kier molecular flexibility index (Phi) is 5.95. The topological polar surface area (TPSA) is 32.3 Å². The normalized spacial score (nSPS) is 21.2. The Labute approximate surface area is 128 Å². The van der Waals surface area contributed by atoms with Crippen molar-refractivity contribution in [2.75, 3.05) is 26.7 Å². The summed E-state index contributed by atoms with van der Waals surface area (Å²) < 4.78 is 0. The second kappa shape index (κ2) is 7.71. The molecule has 3 nitrogen and oxygen atoms in total. The van der Waals surface area contributed by atoms with Crippen molar-refractivity contribution in [1.82, 2.24) is 10.2 Å². The van der Waals surface area contributed by atoms with E-state index >= 15 is 0 Å². The SMILES string of the molecule is CCc1ccc(C(=O)C(C)N2CCCC(CNC)C2)cc1. The van der Waals surface area contributed by atoms with Gasteiger partial charge in [0.15, 0.2) is 5.78 Å². The number of hydrogen-bond donors (Lipinski definition) is 1. The van der Waals surface area contributed by atoms with Gasteiger partial charge < -0.3 is 5.32 Å². The summed E-state index contributed by atoms with van der Waals surface area (Å²) in [6.45, 7) is 7.30. The number of piperidine rings is 1. The maximum atomic E-state index is 12.7. The third kappa shape index (κ3) is 4.14. The molecule has 2 atom stereocenters. The summed E-state index contributed by atoms with van der Waals surface area (Å²) in [4.78, 5) is 15.0. The summed E-state index contributed by atoms with van der Waals surface area (Å²) in [5, 5.41) is 3.26. The van der Waals surface area contributed by atoms with E-state index < -0.39 is 0 Å². The molecule has 0 bridgehead atoms. The zero-order chi connectivity index (χ0) is 15.2. The lowest BCUT2D eigenvalue weighted by Crippen LogP contribution is -2.46. The Morgan fingerprint density at radius 3 is 2.71 bits per heavy atom. The molecule has 1 N–H and O–H groups in total. The van der Waals surface area contributed by atoms with Crippen LogP contribution in [-0.4, -0.2) is 43.4 Å². The van der Waals surface area contributed by atoms with Crippen molar-refractivity contribution < 1.29 is 4.79 Å². The molecule has 1 aromatic carbocycles. The van der Waals surface area contributed by atoms with E-state index in [1.165, 1.54) is 18.4 Å². The Morgan fingerprint density at radius 2 is 2.10 bits per heavy atom. The first kappa shape index (κ1) is 16.2. The summed E-state index contributed by atoms with van der Waals surface area (Å²) in [5.41, 5.74) is 2.13. The zero-order valence-corrected chi connectivity index (χ0v) is 13.6. The lowest BCUT2D eigenvalue weighted by Gasteiger charge is -2.36. The average Bonchev–Trinajstić information content (AvgIpc) is 2.54. The number of nitrogens with one attached hydrogen (secondary N) is 1. The Bertz CT molecular complexity index is 453. The first-order chi connectivity index (χ1) is 10.2. The lowest BCUT2D eigenvalue weighted by atomic mass is 9.94. The minimum atomic E-state index is -0.0165. The van der Waals surface area contributed by atoms with Crippen LogP contribution < -0.4 is 5.32 Å². The second-order valence-corrected chi connectivity index (χ2v) is 6.15. The monoisotopic (exact) mass is 288 g/mol. The van der Waals surface area contributed by atoms with Crippen LogP contribution in [0.5, 0.6) is 0 Å². The van der Waals surface area contributed by atoms with Crippen molar-refractivity contribution in [3.63, 3.8) is 0 Å². The molecule has 21 heavy (non-hydrogen) atoms. The molecular weight excluding hydrogens is 260 g/mol. The van der Waals surface area contributed by atoms with Crippen LogP contribution >= 0.6 is 0 Å². The van der Waals surface area contributed by atoms with E-state index in [4.69, 9.17) is 0 Å². The number of likely N-dealkylation sites (tertiary alicyclic amines) is 1. The molecule has 0 saturated carbocycles. The smallest absolute Gasteiger partial charge is 0.179 e. The van der Waals surface area contributed by atoms with Crippen molar-refractivity contribution in [1.29, 1.82) is 0 Å². The standard InChI is InChI=1S/C18H28N2O/c1-4-15-7-9-17(10-8-15)18(21)14(2)20-11-5-6-16(13-20)12-19-3/h7-10,14,16,19H,4-6,11-13H2,1-3H3. The quantitative estimate of drug-likeness (QED) is 0.817. The van der Waals surface area contributed by atoms with Gasteiger partial charge in [-0.1, -0.05) is 31.2 Å². The fourth-order valence-corrected chi connectivity index (χ4v) is 3.22. The van der Waals surface area contributed by atoms with Gasteiger partial charge in [-0.15, -0.1) is 0 Å². The number of hydrogen-bond acceptors (Lipinski definition) is 3. The van der Waals surface area contributed by atoms with Crippen LogP contribution in [0.25, 0.3) is 0 Å². The molecule has 1 heterocycles. The minimum absolute atomic E-state index is 0.0165. The number of carbonyl (C=O) groups excluding carboxylic acids is 1. The van der Waals surface area contributed by atoms with Crippen LogP contribution in [0, 0.1) is 5.92 Å². The number of Topliss-reactive ketones (excluding diaryl/α,β-unsaturated/α-hetero) is 1. The highest BCUT2D eigenvalue weighted by atomic mass is 16.1. The fourth-order valence-electron chi connectivity index (χ4n) is 3.22. The van der Waals surface area contributed by atoms with Gasteiger partial charge in [0.05, 0.1) is 6.04 Å². The first-order valence-electron chi connectivity index (χ1n) is 8.17. The average molecular weight is 288 g/mol. The van der Waals surface area contributed by atoms with Crippen LogP contribution in [-0.2, 0) is 6.42 Å². The number of benzene rings is 1. The summed E-state index contributed by atoms with van der Waals surface area (Å²) in [6.07, 6.45) is 3.48. The second-order valence-electron chi connectivity index (χ2n) is 6.15. The Morgan fingerprint density at radius 1 is 1.38 bits per heavy atom. The van der Waals surface area contributed by atoms with Crippen LogP contribution in [0.4, 0.5) is 0 Å². The molecule has 3 heteroatoms. The van der Waals surface area contributed by atoms with Crippen molar-refractivity contribution in [2.45, 2.75) is 39.2 Å². The van der Waals surface area contributed by atoms with Gasteiger partial charge in [0, 0.05) is 12.1 Å². The van der Waals surface area contributed by atoms with E-state index in [9.17, 15) is 4.79 Å². The van der Waals surface area contributed by atoms with Crippen molar-refractivity contribution in [3.8, 4) is 0 Å². The fraction of sp³-hybridized carbons (Fsp3) is 0.611. The maximum absolute atomic E-state index is 12.7. The van der Waals surface area contributed by atoms with E-state index in [1.54, 1.807) is 0 Å². The third-order valence-electron chi connectivity index (χ3n) is 4.62. The molecule has 1 saturated heterocycles. The van der Waals surface area contributed by atoms with Gasteiger partial charge in [-0.3, -0.25) is 9.69 Å². The molecule has 0 aromatic heterocycles. The molecule has 0 aliphatic carbocycles. The number of carbonyl (C=O) groups is 1. The van der Waals surface area contributed by atoms with Gasteiger partial charge in [-0.05, 0) is 57.8 Å². The van der Waals surface area contributed by atoms with Crippen LogP contribution in [0.15, 0.2) is 24.3 Å². The highest BCUT2D eigenvalue weighted by Gasteiger charge is 2.27. The number of aryl methyl sites for hydroxylation is 1.